The van der Waals surface area contributed by atoms with E-state index in [1.165, 1.54) is 93.1 Å². The Morgan fingerprint density at radius 1 is 0.173 bits per heavy atom. The maximum Gasteiger partial charge on any atom is 0.0491 e. The van der Waals surface area contributed by atoms with Crippen LogP contribution in [0.4, 0.5) is 34.1 Å². The van der Waals surface area contributed by atoms with Crippen molar-refractivity contribution in [3.05, 3.63) is 334 Å². The summed E-state index contributed by atoms with van der Waals surface area (Å²) >= 11 is 0. The number of anilines is 6. The molecule has 0 radical (unpaired) electrons. The molecule has 0 aliphatic rings. The van der Waals surface area contributed by atoms with E-state index in [1.807, 2.05) is 0 Å². The van der Waals surface area contributed by atoms with Crippen LogP contribution in [0.5, 0.6) is 0 Å². The van der Waals surface area contributed by atoms with Crippen LogP contribution < -0.4 is 9.80 Å². The minimum absolute atomic E-state index is 1.06. The van der Waals surface area contributed by atoms with Gasteiger partial charge in [0.2, 0.25) is 0 Å². The quantitative estimate of drug-likeness (QED) is 0.114. The summed E-state index contributed by atoms with van der Waals surface area (Å²) in [7, 11) is -1.09. The van der Waals surface area contributed by atoms with Crippen molar-refractivity contribution in [2.75, 3.05) is 9.80 Å². The van der Waals surface area contributed by atoms with Gasteiger partial charge in [-0.05, 0) is 169 Å². The summed E-state index contributed by atoms with van der Waals surface area (Å²) in [6.07, 6.45) is 0. The third kappa shape index (κ3) is 9.91. The Kier molecular flexibility index (Phi) is 13.3. The van der Waals surface area contributed by atoms with Crippen molar-refractivity contribution in [2.45, 2.75) is 0 Å². The molecule has 81 heavy (non-hydrogen) atoms. The minimum Gasteiger partial charge on any atom is -0.310 e. The summed E-state index contributed by atoms with van der Waals surface area (Å²) < 4.78 is 0. The van der Waals surface area contributed by atoms with E-state index in [0.29, 0.717) is 0 Å². The van der Waals surface area contributed by atoms with E-state index >= 15 is 0 Å². The summed E-state index contributed by atoms with van der Waals surface area (Å²) in [4.78, 5) is 4.91. The third-order valence-electron chi connectivity index (χ3n) is 15.6. The molecule has 0 spiro atoms. The maximum atomic E-state index is 2.48. The summed E-state index contributed by atoms with van der Waals surface area (Å²) in [5, 5.41) is 6.54. The van der Waals surface area contributed by atoms with E-state index in [2.05, 4.69) is 343 Å². The Morgan fingerprint density at radius 3 is 0.654 bits per heavy atom. The van der Waals surface area contributed by atoms with Gasteiger partial charge in [0.15, 0.2) is 0 Å². The second kappa shape index (κ2) is 21.9. The predicted octanol–water partition coefficient (Wildman–Crippen LogP) is 22.9. The van der Waals surface area contributed by atoms with Gasteiger partial charge in [0.25, 0.3) is 0 Å². The van der Waals surface area contributed by atoms with Crippen LogP contribution in [0.3, 0.4) is 0 Å². The molecule has 3 heteroatoms. The monoisotopic (exact) mass is 1050 g/mol. The van der Waals surface area contributed by atoms with Gasteiger partial charge in [-0.25, -0.2) is 0 Å². The fraction of sp³-hybridized carbons (Fsp3) is 0. The van der Waals surface area contributed by atoms with E-state index in [4.69, 9.17) is 0 Å². The molecule has 0 amide bonds. The van der Waals surface area contributed by atoms with Gasteiger partial charge in [0.05, 0.1) is 0 Å². The van der Waals surface area contributed by atoms with Gasteiger partial charge >= 0.3 is 0 Å². The molecule has 0 saturated heterocycles. The van der Waals surface area contributed by atoms with Crippen molar-refractivity contribution in [1.29, 1.82) is 0 Å². The number of rotatable bonds is 13. The zero-order valence-electron chi connectivity index (χ0n) is 44.6. The molecule has 382 valence electrons. The minimum atomic E-state index is -1.09. The van der Waals surface area contributed by atoms with Crippen LogP contribution in [0, 0.1) is 0 Å². The fourth-order valence-corrected chi connectivity index (χ4v) is 14.2. The van der Waals surface area contributed by atoms with Crippen molar-refractivity contribution in [3.8, 4) is 72.1 Å². The van der Waals surface area contributed by atoms with Crippen LogP contribution in [0.2, 0.25) is 0 Å². The SMILES string of the molecule is c1ccc(-c2ccc(N(c3ccc(-c4ccccc4)cc3)c3cc(N(c4ccc(-c5ccccc5)cc4)c4ccc(-c5ccccc5)cc4)cc(-p4c5ccc(-c6ccccc6)cc5c5cc(-c6ccccc6)ccc54)c3)cc2)cc1. The molecule has 0 unspecified atom stereocenters. The normalized spacial score (nSPS) is 11.2. The first kappa shape index (κ1) is 49.1. The Hall–Kier alpha value is -10.2. The van der Waals surface area contributed by atoms with Crippen LogP contribution >= 0.6 is 7.53 Å². The van der Waals surface area contributed by atoms with Crippen LogP contribution in [0.15, 0.2) is 334 Å². The van der Waals surface area contributed by atoms with E-state index in [9.17, 15) is 0 Å². The lowest BCUT2D eigenvalue weighted by Crippen LogP contribution is -2.13. The van der Waals surface area contributed by atoms with Crippen LogP contribution in [-0.4, -0.2) is 0 Å². The predicted molar refractivity (Wildman–Crippen MR) is 347 cm³/mol. The standard InChI is InChI=1S/C78H55N2P/c1-7-19-56(20-8-1)62-31-41-68(42-32-62)79(69-43-33-63(34-44-69)57-21-9-2-10-22-57)72-53-73(80(70-45-35-64(36-46-70)58-23-11-3-12-24-58)71-47-37-65(38-48-71)59-25-13-4-14-26-59)55-74(54-72)81-77-49-39-66(60-27-15-5-16-28-60)51-75(77)76-52-67(40-50-78(76)81)61-29-17-6-18-30-61/h1-55H. The van der Waals surface area contributed by atoms with Gasteiger partial charge in [-0.1, -0.05) is 250 Å². The molecule has 2 nitrogen and oxygen atoms in total. The lowest BCUT2D eigenvalue weighted by atomic mass is 10.0. The molecule has 13 aromatic carbocycles. The smallest absolute Gasteiger partial charge is 0.0491 e. The lowest BCUT2D eigenvalue weighted by molar-refractivity contribution is 1.25. The number of nitrogens with zero attached hydrogens (tertiary/aromatic N) is 2. The van der Waals surface area contributed by atoms with Crippen LogP contribution in [0.1, 0.15) is 0 Å². The van der Waals surface area contributed by atoms with Gasteiger partial charge in [-0.2, -0.15) is 0 Å². The summed E-state index contributed by atoms with van der Waals surface area (Å²) in [5.41, 5.74) is 20.7. The average molecular weight is 1050 g/mol. The molecule has 0 aliphatic heterocycles. The first-order valence-electron chi connectivity index (χ1n) is 27.7. The molecule has 0 atom stereocenters. The zero-order chi connectivity index (χ0) is 53.9. The van der Waals surface area contributed by atoms with Gasteiger partial charge in [0, 0.05) is 49.7 Å². The Bertz CT molecular complexity index is 3980. The first-order valence-corrected chi connectivity index (χ1v) is 29.1. The van der Waals surface area contributed by atoms with Crippen LogP contribution in [-0.2, 0) is 0 Å². The van der Waals surface area contributed by atoms with Crippen molar-refractivity contribution >= 4 is 62.7 Å². The van der Waals surface area contributed by atoms with E-state index < -0.39 is 7.53 Å². The van der Waals surface area contributed by atoms with Crippen molar-refractivity contribution in [2.24, 2.45) is 0 Å². The molecular weight excluding hydrogens is 996 g/mol. The lowest BCUT2D eigenvalue weighted by Gasteiger charge is -2.31. The molecular formula is C78H55N2P. The molecule has 0 fully saturated rings. The highest BCUT2D eigenvalue weighted by Crippen LogP contribution is 2.58. The van der Waals surface area contributed by atoms with E-state index in [-0.39, 0.29) is 0 Å². The largest absolute Gasteiger partial charge is 0.310 e. The molecule has 14 rings (SSSR count). The molecule has 1 heterocycles. The Labute approximate surface area is 475 Å². The van der Waals surface area contributed by atoms with Crippen molar-refractivity contribution in [1.82, 2.24) is 0 Å². The maximum absolute atomic E-state index is 2.48. The molecule has 0 N–H and O–H groups in total. The fourth-order valence-electron chi connectivity index (χ4n) is 11.5. The second-order valence-corrected chi connectivity index (χ2v) is 22.7. The Balaban J connectivity index is 1.03. The van der Waals surface area contributed by atoms with Gasteiger partial charge in [-0.3, -0.25) is 0 Å². The number of hydrogen-bond acceptors (Lipinski definition) is 2. The number of hydrogen-bond donors (Lipinski definition) is 0. The summed E-state index contributed by atoms with van der Waals surface area (Å²) in [6.45, 7) is 0. The zero-order valence-corrected chi connectivity index (χ0v) is 45.5. The highest BCUT2D eigenvalue weighted by atomic mass is 31.1. The average Bonchev–Trinajstić information content (AvgIpc) is 4.13. The molecule has 14 aromatic rings. The first-order chi connectivity index (χ1) is 40.1. The third-order valence-corrected chi connectivity index (χ3v) is 18.1. The summed E-state index contributed by atoms with van der Waals surface area (Å²) in [5.74, 6) is 0. The van der Waals surface area contributed by atoms with E-state index in [0.717, 1.165) is 34.1 Å². The topological polar surface area (TPSA) is 6.48 Å². The molecule has 0 aliphatic carbocycles. The number of benzene rings is 13. The molecule has 0 saturated carbocycles. The Morgan fingerprint density at radius 2 is 0.395 bits per heavy atom. The summed E-state index contributed by atoms with van der Waals surface area (Å²) in [6, 6.07) is 122. The molecule has 1 aromatic heterocycles. The van der Waals surface area contributed by atoms with Gasteiger partial charge in [-0.15, -0.1) is 0 Å². The van der Waals surface area contributed by atoms with Gasteiger partial charge in [0.1, 0.15) is 0 Å². The highest BCUT2D eigenvalue weighted by molar-refractivity contribution is 7.68. The van der Waals surface area contributed by atoms with E-state index in [1.54, 1.807) is 0 Å². The van der Waals surface area contributed by atoms with Gasteiger partial charge < -0.3 is 9.80 Å². The van der Waals surface area contributed by atoms with Crippen molar-refractivity contribution < 1.29 is 0 Å². The van der Waals surface area contributed by atoms with Crippen molar-refractivity contribution in [3.63, 3.8) is 0 Å². The van der Waals surface area contributed by atoms with Crippen LogP contribution in [0.25, 0.3) is 93.1 Å². The number of fused-ring (bicyclic) bond motifs is 3. The molecule has 0 bridgehead atoms. The second-order valence-electron chi connectivity index (χ2n) is 20.6. The highest BCUT2D eigenvalue weighted by Gasteiger charge is 2.23.